The Balaban J connectivity index is 0.00000400. The lowest BCUT2D eigenvalue weighted by Gasteiger charge is -2.29. The van der Waals surface area contributed by atoms with Crippen molar-refractivity contribution in [3.05, 3.63) is 35.1 Å². The number of aliphatic hydroxyl groups excluding tert-OH is 1. The highest BCUT2D eigenvalue weighted by Crippen LogP contribution is 2.33. The molecule has 0 aliphatic rings. The second kappa shape index (κ2) is 6.94. The monoisotopic (exact) mass is 329 g/mol. The molecule has 21 heavy (non-hydrogen) atoms. The van der Waals surface area contributed by atoms with Gasteiger partial charge in [0.05, 0.1) is 11.7 Å². The molecule has 7 heteroatoms. The number of rotatable bonds is 3. The molecule has 0 aliphatic heterocycles. The van der Waals surface area contributed by atoms with Crippen molar-refractivity contribution in [2.75, 3.05) is 0 Å². The maximum absolute atomic E-state index is 13.6. The van der Waals surface area contributed by atoms with Crippen molar-refractivity contribution >= 4 is 12.4 Å². The second-order valence-electron chi connectivity index (χ2n) is 5.96. The first kappa shape index (κ1) is 20.1. The highest BCUT2D eigenvalue weighted by atomic mass is 35.5. The number of hydrogen-bond donors (Lipinski definition) is 2. The Kier molecular flexibility index (Phi) is 6.66. The van der Waals surface area contributed by atoms with Crippen LogP contribution >= 0.6 is 12.4 Å². The van der Waals surface area contributed by atoms with E-state index in [-0.39, 0.29) is 29.8 Å². The minimum Gasteiger partial charge on any atom is -0.388 e. The molecule has 0 aromatic heterocycles. The van der Waals surface area contributed by atoms with Crippen molar-refractivity contribution in [3.8, 4) is 0 Å². The lowest BCUT2D eigenvalue weighted by molar-refractivity contribution is -0.137. The number of halogens is 5. The van der Waals surface area contributed by atoms with Crippen LogP contribution in [0.4, 0.5) is 17.6 Å². The van der Waals surface area contributed by atoms with Crippen LogP contribution in [0.15, 0.2) is 18.2 Å². The molecule has 3 N–H and O–H groups in total. The van der Waals surface area contributed by atoms with Crippen LogP contribution in [0.5, 0.6) is 0 Å². The standard InChI is InChI=1S/C14H19F4NO.ClH/c1-13(2,3)12(19)7-11(20)9-6-8(14(16,17)18)4-5-10(9)15;/h4-6,11-12,20H,7,19H2,1-3H3;1H/t11-,12-;/m1./s1. The van der Waals surface area contributed by atoms with E-state index in [1.54, 1.807) is 0 Å². The van der Waals surface area contributed by atoms with E-state index in [1.807, 2.05) is 20.8 Å². The van der Waals surface area contributed by atoms with E-state index in [2.05, 4.69) is 0 Å². The average Bonchev–Trinajstić information content (AvgIpc) is 2.26. The predicted molar refractivity (Wildman–Crippen MR) is 75.7 cm³/mol. The van der Waals surface area contributed by atoms with Crippen LogP contribution in [0.3, 0.4) is 0 Å². The lowest BCUT2D eigenvalue weighted by Crippen LogP contribution is -2.36. The average molecular weight is 330 g/mol. The van der Waals surface area contributed by atoms with Crippen LogP contribution in [0.25, 0.3) is 0 Å². The molecule has 0 radical (unpaired) electrons. The van der Waals surface area contributed by atoms with E-state index >= 15 is 0 Å². The summed E-state index contributed by atoms with van der Waals surface area (Å²) in [6.07, 6.45) is -5.96. The lowest BCUT2D eigenvalue weighted by atomic mass is 9.83. The van der Waals surface area contributed by atoms with Gasteiger partial charge in [-0.05, 0) is 30.0 Å². The number of alkyl halides is 3. The van der Waals surface area contributed by atoms with Gasteiger partial charge in [-0.3, -0.25) is 0 Å². The smallest absolute Gasteiger partial charge is 0.388 e. The van der Waals surface area contributed by atoms with E-state index in [0.717, 1.165) is 0 Å². The van der Waals surface area contributed by atoms with Gasteiger partial charge in [0.15, 0.2) is 0 Å². The van der Waals surface area contributed by atoms with Gasteiger partial charge < -0.3 is 10.8 Å². The summed E-state index contributed by atoms with van der Waals surface area (Å²) in [6, 6.07) is 1.53. The molecule has 2 atom stereocenters. The van der Waals surface area contributed by atoms with Crippen molar-refractivity contribution < 1.29 is 22.7 Å². The summed E-state index contributed by atoms with van der Waals surface area (Å²) >= 11 is 0. The number of benzene rings is 1. The maximum atomic E-state index is 13.6. The molecule has 0 saturated heterocycles. The summed E-state index contributed by atoms with van der Waals surface area (Å²) in [4.78, 5) is 0. The molecule has 122 valence electrons. The van der Waals surface area contributed by atoms with Crippen LogP contribution in [0.2, 0.25) is 0 Å². The number of hydrogen-bond acceptors (Lipinski definition) is 2. The van der Waals surface area contributed by atoms with Crippen LogP contribution in [0, 0.1) is 11.2 Å². The molecular formula is C14H20ClF4NO. The highest BCUT2D eigenvalue weighted by molar-refractivity contribution is 5.85. The Hall–Kier alpha value is -0.850. The largest absolute Gasteiger partial charge is 0.416 e. The van der Waals surface area contributed by atoms with E-state index < -0.39 is 29.7 Å². The van der Waals surface area contributed by atoms with E-state index in [1.165, 1.54) is 0 Å². The zero-order valence-corrected chi connectivity index (χ0v) is 12.9. The molecule has 1 rings (SSSR count). The fourth-order valence-corrected chi connectivity index (χ4v) is 1.70. The van der Waals surface area contributed by atoms with Gasteiger partial charge in [0, 0.05) is 11.6 Å². The van der Waals surface area contributed by atoms with Crippen molar-refractivity contribution in [1.29, 1.82) is 0 Å². The molecule has 0 aliphatic carbocycles. The number of nitrogens with two attached hydrogens (primary N) is 1. The predicted octanol–water partition coefficient (Wildman–Crippen LogP) is 4.06. The molecule has 0 unspecified atom stereocenters. The third-order valence-corrected chi connectivity index (χ3v) is 3.27. The SMILES string of the molecule is CC(C)(C)[C@H](N)C[C@@H](O)c1cc(C(F)(F)F)ccc1F.Cl. The Bertz CT molecular complexity index is 471. The molecule has 0 saturated carbocycles. The summed E-state index contributed by atoms with van der Waals surface area (Å²) < 4.78 is 51.3. The molecular weight excluding hydrogens is 310 g/mol. The second-order valence-corrected chi connectivity index (χ2v) is 5.96. The third kappa shape index (κ3) is 5.45. The molecule has 0 heterocycles. The molecule has 0 spiro atoms. The Morgan fingerprint density at radius 2 is 1.71 bits per heavy atom. The first-order chi connectivity index (χ1) is 8.93. The molecule has 0 amide bonds. The molecule has 2 nitrogen and oxygen atoms in total. The third-order valence-electron chi connectivity index (χ3n) is 3.27. The zero-order chi connectivity index (χ0) is 15.7. The summed E-state index contributed by atoms with van der Waals surface area (Å²) in [7, 11) is 0. The van der Waals surface area contributed by atoms with Gasteiger partial charge >= 0.3 is 6.18 Å². The van der Waals surface area contributed by atoms with Crippen LogP contribution < -0.4 is 5.73 Å². The fourth-order valence-electron chi connectivity index (χ4n) is 1.70. The molecule has 0 bridgehead atoms. The molecule has 1 aromatic carbocycles. The normalized spacial score (nSPS) is 15.3. The first-order valence-corrected chi connectivity index (χ1v) is 6.23. The quantitative estimate of drug-likeness (QED) is 0.821. The van der Waals surface area contributed by atoms with E-state index in [4.69, 9.17) is 5.73 Å². The molecule has 0 fully saturated rings. The minimum atomic E-state index is -4.58. The van der Waals surface area contributed by atoms with E-state index in [9.17, 15) is 22.7 Å². The minimum absolute atomic E-state index is 0. The highest BCUT2D eigenvalue weighted by Gasteiger charge is 2.32. The molecule has 1 aromatic rings. The Morgan fingerprint density at radius 1 is 1.19 bits per heavy atom. The van der Waals surface area contributed by atoms with Gasteiger partial charge in [0.2, 0.25) is 0 Å². The van der Waals surface area contributed by atoms with Gasteiger partial charge in [-0.2, -0.15) is 13.2 Å². The van der Waals surface area contributed by atoms with Gasteiger partial charge in [0.25, 0.3) is 0 Å². The Labute approximate surface area is 127 Å². The van der Waals surface area contributed by atoms with Gasteiger partial charge in [-0.15, -0.1) is 12.4 Å². The summed E-state index contributed by atoms with van der Waals surface area (Å²) in [5, 5.41) is 9.94. The number of aliphatic hydroxyl groups is 1. The van der Waals surface area contributed by atoms with Crippen molar-refractivity contribution in [2.45, 2.75) is 45.5 Å². The fraction of sp³-hybridized carbons (Fsp3) is 0.571. The van der Waals surface area contributed by atoms with Crippen LogP contribution in [-0.2, 0) is 6.18 Å². The van der Waals surface area contributed by atoms with Crippen molar-refractivity contribution in [1.82, 2.24) is 0 Å². The van der Waals surface area contributed by atoms with Crippen molar-refractivity contribution in [3.63, 3.8) is 0 Å². The first-order valence-electron chi connectivity index (χ1n) is 6.23. The Morgan fingerprint density at radius 3 is 2.14 bits per heavy atom. The topological polar surface area (TPSA) is 46.2 Å². The van der Waals surface area contributed by atoms with Gasteiger partial charge in [-0.1, -0.05) is 20.8 Å². The van der Waals surface area contributed by atoms with Crippen molar-refractivity contribution in [2.24, 2.45) is 11.1 Å². The summed E-state index contributed by atoms with van der Waals surface area (Å²) in [5.74, 6) is -0.869. The van der Waals surface area contributed by atoms with Gasteiger partial charge in [0.1, 0.15) is 5.82 Å². The van der Waals surface area contributed by atoms with Crippen LogP contribution in [0.1, 0.15) is 44.4 Å². The maximum Gasteiger partial charge on any atom is 0.416 e. The summed E-state index contributed by atoms with van der Waals surface area (Å²) in [5.41, 5.74) is 4.16. The zero-order valence-electron chi connectivity index (χ0n) is 12.0. The van der Waals surface area contributed by atoms with E-state index in [0.29, 0.717) is 18.2 Å². The summed E-state index contributed by atoms with van der Waals surface area (Å²) in [6.45, 7) is 5.52. The van der Waals surface area contributed by atoms with Gasteiger partial charge in [-0.25, -0.2) is 4.39 Å². The van der Waals surface area contributed by atoms with Crippen LogP contribution in [-0.4, -0.2) is 11.1 Å².